The van der Waals surface area contributed by atoms with Gasteiger partial charge in [-0.05, 0) is 36.3 Å². The maximum Gasteiger partial charge on any atom is 0.329 e. The largest absolute Gasteiger partial charge is 0.464 e. The summed E-state index contributed by atoms with van der Waals surface area (Å²) in [5.74, 6) is 0.282. The van der Waals surface area contributed by atoms with Crippen molar-refractivity contribution in [3.05, 3.63) is 30.0 Å². The number of anilines is 1. The third-order valence-corrected chi connectivity index (χ3v) is 5.59. The third kappa shape index (κ3) is 4.84. The maximum atomic E-state index is 12.8. The average Bonchev–Trinajstić information content (AvgIpc) is 2.71. The van der Waals surface area contributed by atoms with Crippen LogP contribution in [0, 0.1) is 29.1 Å². The number of hydrogen-bond acceptors (Lipinski definition) is 6. The molecular weight excluding hydrogens is 364 g/mol. The van der Waals surface area contributed by atoms with E-state index < -0.39 is 11.9 Å². The van der Waals surface area contributed by atoms with E-state index in [-0.39, 0.29) is 5.92 Å². The predicted molar refractivity (Wildman–Crippen MR) is 113 cm³/mol. The van der Waals surface area contributed by atoms with Crippen LogP contribution >= 0.6 is 0 Å². The average molecular weight is 395 g/mol. The van der Waals surface area contributed by atoms with E-state index >= 15 is 0 Å². The summed E-state index contributed by atoms with van der Waals surface area (Å²) in [5, 5.41) is 9.83. The lowest BCUT2D eigenvalue weighted by molar-refractivity contribution is -0.145. The predicted octanol–water partition coefficient (Wildman–Crippen LogP) is 4.31. The smallest absolute Gasteiger partial charge is 0.329 e. The lowest BCUT2D eigenvalue weighted by Gasteiger charge is -2.36. The second-order valence-electron chi connectivity index (χ2n) is 8.48. The lowest BCUT2D eigenvalue weighted by atomic mass is 9.91. The molecule has 0 bridgehead atoms. The van der Waals surface area contributed by atoms with Crippen LogP contribution in [0.1, 0.15) is 52.1 Å². The molecule has 1 aliphatic rings. The highest BCUT2D eigenvalue weighted by molar-refractivity contribution is 5.85. The van der Waals surface area contributed by atoms with E-state index in [1.807, 2.05) is 38.1 Å². The molecule has 0 amide bonds. The van der Waals surface area contributed by atoms with E-state index in [0.29, 0.717) is 35.5 Å². The molecule has 6 heteroatoms. The van der Waals surface area contributed by atoms with Crippen LogP contribution in [0.3, 0.4) is 0 Å². The minimum absolute atomic E-state index is 0.254. The third-order valence-electron chi connectivity index (χ3n) is 5.59. The van der Waals surface area contributed by atoms with Gasteiger partial charge in [0.05, 0.1) is 23.7 Å². The van der Waals surface area contributed by atoms with Gasteiger partial charge in [-0.25, -0.2) is 9.97 Å². The molecule has 1 aliphatic heterocycles. The Morgan fingerprint density at radius 1 is 1.24 bits per heavy atom. The lowest BCUT2D eigenvalue weighted by Crippen LogP contribution is -2.40. The summed E-state index contributed by atoms with van der Waals surface area (Å²) < 4.78 is 5.45. The van der Waals surface area contributed by atoms with Gasteiger partial charge in [-0.1, -0.05) is 46.2 Å². The molecule has 0 saturated carbocycles. The van der Waals surface area contributed by atoms with Crippen molar-refractivity contribution in [2.45, 2.75) is 46.5 Å². The molecule has 2 heterocycles. The molecule has 4 atom stereocenters. The van der Waals surface area contributed by atoms with Crippen molar-refractivity contribution in [1.82, 2.24) is 9.97 Å². The molecule has 2 aromatic rings. The number of ether oxygens (including phenoxy) is 1. The number of para-hydroxylation sites is 2. The van der Waals surface area contributed by atoms with E-state index in [2.05, 4.69) is 24.8 Å². The summed E-state index contributed by atoms with van der Waals surface area (Å²) >= 11 is 0. The van der Waals surface area contributed by atoms with Gasteiger partial charge in [0.2, 0.25) is 0 Å². The van der Waals surface area contributed by atoms with Crippen LogP contribution in [0.15, 0.2) is 24.3 Å². The highest BCUT2D eigenvalue weighted by Gasteiger charge is 2.32. The molecule has 154 valence electrons. The highest BCUT2D eigenvalue weighted by Crippen LogP contribution is 2.32. The van der Waals surface area contributed by atoms with Crippen molar-refractivity contribution >= 4 is 22.8 Å². The number of hydrogen-bond donors (Lipinski definition) is 0. The number of carbonyl (C=O) groups excluding carboxylic acids is 1. The van der Waals surface area contributed by atoms with E-state index in [4.69, 9.17) is 14.7 Å². The Balaban J connectivity index is 2.02. The molecule has 1 fully saturated rings. The van der Waals surface area contributed by atoms with Gasteiger partial charge in [-0.15, -0.1) is 0 Å². The Hall–Kier alpha value is -2.68. The van der Waals surface area contributed by atoms with Crippen LogP contribution in [0.2, 0.25) is 0 Å². The van der Waals surface area contributed by atoms with Crippen LogP contribution in [0.5, 0.6) is 0 Å². The number of rotatable bonds is 6. The van der Waals surface area contributed by atoms with Gasteiger partial charge in [0.25, 0.3) is 0 Å². The molecule has 1 aromatic carbocycles. The van der Waals surface area contributed by atoms with E-state index in [1.165, 1.54) is 0 Å². The summed E-state index contributed by atoms with van der Waals surface area (Å²) in [7, 11) is 0. The van der Waals surface area contributed by atoms with E-state index in [0.717, 1.165) is 31.4 Å². The van der Waals surface area contributed by atoms with Crippen molar-refractivity contribution in [3.63, 3.8) is 0 Å². The summed E-state index contributed by atoms with van der Waals surface area (Å²) in [4.78, 5) is 24.5. The fourth-order valence-corrected chi connectivity index (χ4v) is 3.92. The Labute approximate surface area is 172 Å². The minimum Gasteiger partial charge on any atom is -0.464 e. The topological polar surface area (TPSA) is 79.1 Å². The van der Waals surface area contributed by atoms with Gasteiger partial charge in [-0.2, -0.15) is 5.26 Å². The first-order valence-corrected chi connectivity index (χ1v) is 10.5. The molecule has 0 radical (unpaired) electrons. The van der Waals surface area contributed by atoms with Gasteiger partial charge in [0.1, 0.15) is 5.69 Å². The molecular formula is C23H30N4O2. The molecule has 1 saturated heterocycles. The molecule has 0 N–H and O–H groups in total. The van der Waals surface area contributed by atoms with Crippen LogP contribution in [0.25, 0.3) is 11.0 Å². The summed E-state index contributed by atoms with van der Waals surface area (Å²) in [6, 6.07) is 9.70. The van der Waals surface area contributed by atoms with Gasteiger partial charge >= 0.3 is 5.97 Å². The maximum absolute atomic E-state index is 12.8. The SMILES string of the molecule is CC[C@H](C)COC(=O)[C@H](C#N)c1nc2ccccc2nc1N1C[C@H](C)C[C@@H](C)C1. The second kappa shape index (κ2) is 9.21. The fraction of sp³-hybridized carbons (Fsp3) is 0.565. The van der Waals surface area contributed by atoms with Crippen molar-refractivity contribution in [1.29, 1.82) is 5.26 Å². The molecule has 3 rings (SSSR count). The Kier molecular flexibility index (Phi) is 6.68. The molecule has 0 unspecified atom stereocenters. The van der Waals surface area contributed by atoms with Gasteiger partial charge in [0, 0.05) is 13.1 Å². The van der Waals surface area contributed by atoms with Crippen molar-refractivity contribution in [2.75, 3.05) is 24.6 Å². The normalized spacial score (nSPS) is 21.4. The van der Waals surface area contributed by atoms with Crippen LogP contribution < -0.4 is 4.90 Å². The van der Waals surface area contributed by atoms with Crippen molar-refractivity contribution < 1.29 is 9.53 Å². The molecule has 6 nitrogen and oxygen atoms in total. The molecule has 1 aromatic heterocycles. The van der Waals surface area contributed by atoms with Gasteiger partial charge in [0.15, 0.2) is 11.7 Å². The zero-order valence-electron chi connectivity index (χ0n) is 17.8. The zero-order valence-corrected chi connectivity index (χ0v) is 17.8. The molecule has 0 spiro atoms. The van der Waals surface area contributed by atoms with Crippen LogP contribution in [-0.2, 0) is 9.53 Å². The van der Waals surface area contributed by atoms with Crippen LogP contribution in [0.4, 0.5) is 5.82 Å². The Morgan fingerprint density at radius 2 is 1.86 bits per heavy atom. The number of aromatic nitrogens is 2. The summed E-state index contributed by atoms with van der Waals surface area (Å²) in [6.07, 6.45) is 2.07. The molecule has 0 aliphatic carbocycles. The minimum atomic E-state index is -1.08. The monoisotopic (exact) mass is 394 g/mol. The zero-order chi connectivity index (χ0) is 21.0. The first-order valence-electron chi connectivity index (χ1n) is 10.5. The number of benzene rings is 1. The Bertz CT molecular complexity index is 897. The van der Waals surface area contributed by atoms with E-state index in [9.17, 15) is 10.1 Å². The summed E-state index contributed by atoms with van der Waals surface area (Å²) in [6.45, 7) is 10.5. The fourth-order valence-electron chi connectivity index (χ4n) is 3.92. The quantitative estimate of drug-likeness (QED) is 0.679. The first-order chi connectivity index (χ1) is 13.9. The van der Waals surface area contributed by atoms with Gasteiger partial charge in [-0.3, -0.25) is 4.79 Å². The number of nitriles is 1. The number of esters is 1. The highest BCUT2D eigenvalue weighted by atomic mass is 16.5. The first kappa shape index (κ1) is 21.0. The van der Waals surface area contributed by atoms with Crippen molar-refractivity contribution in [2.24, 2.45) is 17.8 Å². The standard InChI is InChI=1S/C23H30N4O2/c1-5-15(2)14-29-23(28)18(11-24)21-22(27-12-16(3)10-17(4)13-27)26-20-9-7-6-8-19(20)25-21/h6-9,15-18H,5,10,12-14H2,1-4H3/t15-,16+,17+,18+/m0/s1. The number of fused-ring (bicyclic) bond motifs is 1. The van der Waals surface area contributed by atoms with Crippen molar-refractivity contribution in [3.8, 4) is 6.07 Å². The van der Waals surface area contributed by atoms with Crippen LogP contribution in [-0.4, -0.2) is 35.6 Å². The van der Waals surface area contributed by atoms with E-state index in [1.54, 1.807) is 0 Å². The summed E-state index contributed by atoms with van der Waals surface area (Å²) in [5.41, 5.74) is 1.85. The molecule has 29 heavy (non-hydrogen) atoms. The Morgan fingerprint density at radius 3 is 2.45 bits per heavy atom. The second-order valence-corrected chi connectivity index (χ2v) is 8.48. The number of carbonyl (C=O) groups is 1. The van der Waals surface area contributed by atoms with Gasteiger partial charge < -0.3 is 9.64 Å². The number of piperidine rings is 1. The number of nitrogens with zero attached hydrogens (tertiary/aromatic N) is 4.